The van der Waals surface area contributed by atoms with Crippen LogP contribution in [0.2, 0.25) is 0 Å². The number of ether oxygens (including phenoxy) is 1. The molecule has 0 amide bonds. The monoisotopic (exact) mass is 564 g/mol. The first-order chi connectivity index (χ1) is 18.4. The van der Waals surface area contributed by atoms with Crippen LogP contribution in [0.25, 0.3) is 22.5 Å². The summed E-state index contributed by atoms with van der Waals surface area (Å²) < 4.78 is 92.8. The third kappa shape index (κ3) is 5.38. The zero-order valence-electron chi connectivity index (χ0n) is 20.4. The van der Waals surface area contributed by atoms with E-state index >= 15 is 8.78 Å². The minimum absolute atomic E-state index is 0.117. The maximum absolute atomic E-state index is 16.1. The van der Waals surface area contributed by atoms with E-state index in [-0.39, 0.29) is 27.2 Å². The van der Waals surface area contributed by atoms with Crippen molar-refractivity contribution in [1.82, 2.24) is 19.7 Å². The average molecular weight is 565 g/mol. The predicted octanol–water partition coefficient (Wildman–Crippen LogP) is 3.88. The van der Waals surface area contributed by atoms with Gasteiger partial charge < -0.3 is 10.5 Å². The van der Waals surface area contributed by atoms with Gasteiger partial charge in [-0.15, -0.1) is 0 Å². The van der Waals surface area contributed by atoms with E-state index in [1.807, 2.05) is 0 Å². The van der Waals surface area contributed by atoms with Crippen molar-refractivity contribution in [2.45, 2.75) is 25.3 Å². The van der Waals surface area contributed by atoms with Crippen LogP contribution < -0.4 is 10.0 Å². The number of halogens is 4. The molecule has 0 bridgehead atoms. The first-order valence-electron chi connectivity index (χ1n) is 11.2. The normalized spacial score (nSPS) is 11.4. The summed E-state index contributed by atoms with van der Waals surface area (Å²) in [6.07, 6.45) is 2.78. The second-order valence-corrected chi connectivity index (χ2v) is 9.83. The topological polar surface area (TPSA) is 133 Å². The molecule has 0 saturated heterocycles. The Hall–Kier alpha value is -4.53. The van der Waals surface area contributed by atoms with Gasteiger partial charge in [-0.05, 0) is 43.3 Å². The van der Waals surface area contributed by atoms with Crippen LogP contribution in [-0.2, 0) is 26.1 Å². The SMILES string of the molecule is CCn1cc(-c2ccnc(N)n2)c(-c2c(F)ccc(N(COC(C)=O)S(=O)(=O)c3cc(F)ccc3F)c2F)n1. The second kappa shape index (κ2) is 10.7. The van der Waals surface area contributed by atoms with Crippen molar-refractivity contribution in [3.63, 3.8) is 0 Å². The van der Waals surface area contributed by atoms with Gasteiger partial charge in [-0.3, -0.25) is 9.48 Å². The maximum Gasteiger partial charge on any atom is 0.304 e. The van der Waals surface area contributed by atoms with Crippen LogP contribution in [0.5, 0.6) is 0 Å². The molecule has 4 aromatic rings. The van der Waals surface area contributed by atoms with Crippen molar-refractivity contribution >= 4 is 27.6 Å². The number of aromatic nitrogens is 4. The van der Waals surface area contributed by atoms with Crippen LogP contribution in [0.15, 0.2) is 53.7 Å². The molecule has 2 heterocycles. The van der Waals surface area contributed by atoms with Crippen LogP contribution in [0.4, 0.5) is 29.2 Å². The fraction of sp³-hybridized carbons (Fsp3) is 0.167. The van der Waals surface area contributed by atoms with Gasteiger partial charge in [-0.25, -0.2) is 40.3 Å². The molecule has 0 atom stereocenters. The highest BCUT2D eigenvalue weighted by atomic mass is 32.2. The number of nitrogen functional groups attached to an aromatic ring is 1. The smallest absolute Gasteiger partial charge is 0.304 e. The molecule has 204 valence electrons. The van der Waals surface area contributed by atoms with E-state index in [0.29, 0.717) is 24.7 Å². The lowest BCUT2D eigenvalue weighted by molar-refractivity contribution is -0.140. The average Bonchev–Trinajstić information content (AvgIpc) is 3.30. The highest BCUT2D eigenvalue weighted by molar-refractivity contribution is 7.92. The maximum atomic E-state index is 16.1. The number of aryl methyl sites for hydroxylation is 1. The number of carbonyl (C=O) groups is 1. The minimum atomic E-state index is -5.09. The summed E-state index contributed by atoms with van der Waals surface area (Å²) in [4.78, 5) is 18.2. The second-order valence-electron chi connectivity index (χ2n) is 8.00. The Morgan fingerprint density at radius 1 is 1.10 bits per heavy atom. The molecular weight excluding hydrogens is 544 g/mol. The van der Waals surface area contributed by atoms with E-state index in [2.05, 4.69) is 15.1 Å². The summed E-state index contributed by atoms with van der Waals surface area (Å²) in [5.41, 5.74) is 4.15. The third-order valence-corrected chi connectivity index (χ3v) is 7.21. The molecule has 0 fully saturated rings. The molecule has 2 aromatic carbocycles. The number of anilines is 2. The number of nitrogens with zero attached hydrogens (tertiary/aromatic N) is 5. The number of benzene rings is 2. The van der Waals surface area contributed by atoms with Gasteiger partial charge in [0.1, 0.15) is 28.0 Å². The number of nitrogens with two attached hydrogens (primary N) is 1. The Kier molecular flexibility index (Phi) is 7.53. The fourth-order valence-corrected chi connectivity index (χ4v) is 5.05. The van der Waals surface area contributed by atoms with Crippen LogP contribution in [0.1, 0.15) is 13.8 Å². The van der Waals surface area contributed by atoms with Crippen molar-refractivity contribution in [2.24, 2.45) is 0 Å². The molecule has 15 heteroatoms. The summed E-state index contributed by atoms with van der Waals surface area (Å²) >= 11 is 0. The van der Waals surface area contributed by atoms with Crippen LogP contribution in [-0.4, -0.2) is 40.9 Å². The van der Waals surface area contributed by atoms with E-state index in [4.69, 9.17) is 10.5 Å². The largest absolute Gasteiger partial charge is 0.443 e. The lowest BCUT2D eigenvalue weighted by Crippen LogP contribution is -2.35. The van der Waals surface area contributed by atoms with Gasteiger partial charge in [-0.2, -0.15) is 5.10 Å². The molecule has 39 heavy (non-hydrogen) atoms. The third-order valence-electron chi connectivity index (χ3n) is 5.46. The summed E-state index contributed by atoms with van der Waals surface area (Å²) in [5, 5.41) is 4.22. The first kappa shape index (κ1) is 27.5. The Labute approximate surface area is 219 Å². The number of sulfonamides is 1. The van der Waals surface area contributed by atoms with Crippen LogP contribution in [0, 0.1) is 23.3 Å². The van der Waals surface area contributed by atoms with Crippen molar-refractivity contribution in [2.75, 3.05) is 16.8 Å². The zero-order valence-corrected chi connectivity index (χ0v) is 21.2. The number of rotatable bonds is 8. The highest BCUT2D eigenvalue weighted by Crippen LogP contribution is 2.38. The van der Waals surface area contributed by atoms with E-state index in [9.17, 15) is 22.0 Å². The highest BCUT2D eigenvalue weighted by Gasteiger charge is 2.34. The van der Waals surface area contributed by atoms with Gasteiger partial charge in [-0.1, -0.05) is 0 Å². The molecule has 0 saturated carbocycles. The van der Waals surface area contributed by atoms with Gasteiger partial charge in [0, 0.05) is 31.4 Å². The Bertz CT molecular complexity index is 1680. The lowest BCUT2D eigenvalue weighted by atomic mass is 10.0. The molecule has 4 rings (SSSR count). The van der Waals surface area contributed by atoms with Crippen molar-refractivity contribution in [3.8, 4) is 22.5 Å². The van der Waals surface area contributed by atoms with Crippen LogP contribution >= 0.6 is 0 Å². The fourth-order valence-electron chi connectivity index (χ4n) is 3.64. The van der Waals surface area contributed by atoms with Gasteiger partial charge in [0.2, 0.25) is 5.95 Å². The Morgan fingerprint density at radius 2 is 1.82 bits per heavy atom. The van der Waals surface area contributed by atoms with Crippen molar-refractivity contribution in [1.29, 1.82) is 0 Å². The van der Waals surface area contributed by atoms with Gasteiger partial charge >= 0.3 is 5.97 Å². The molecule has 10 nitrogen and oxygen atoms in total. The van der Waals surface area contributed by atoms with E-state index in [1.54, 1.807) is 6.92 Å². The molecule has 0 spiro atoms. The Morgan fingerprint density at radius 3 is 2.49 bits per heavy atom. The summed E-state index contributed by atoms with van der Waals surface area (Å²) in [7, 11) is -5.09. The molecule has 0 aliphatic rings. The number of hydrogen-bond donors (Lipinski definition) is 1. The molecule has 0 unspecified atom stereocenters. The molecule has 0 radical (unpaired) electrons. The lowest BCUT2D eigenvalue weighted by Gasteiger charge is -2.25. The standard InChI is InChI=1S/C24H20F4N6O4S/c1-3-33-11-15(18-8-9-30-24(29)31-18)23(32-33)21-17(27)6-7-19(22(21)28)34(12-38-13(2)35)39(36,37)20-10-14(25)4-5-16(20)26/h4-11H,3,12H2,1-2H3,(H2,29,30,31). The predicted molar refractivity (Wildman–Crippen MR) is 131 cm³/mol. The van der Waals surface area contributed by atoms with E-state index in [0.717, 1.165) is 19.1 Å². The quantitative estimate of drug-likeness (QED) is 0.194. The first-order valence-corrected chi connectivity index (χ1v) is 12.6. The van der Waals surface area contributed by atoms with Gasteiger partial charge in [0.05, 0.1) is 16.9 Å². The van der Waals surface area contributed by atoms with Gasteiger partial charge in [0.15, 0.2) is 12.5 Å². The van der Waals surface area contributed by atoms with Gasteiger partial charge in [0.25, 0.3) is 10.0 Å². The number of carbonyl (C=O) groups excluding carboxylic acids is 1. The van der Waals surface area contributed by atoms with E-state index in [1.165, 1.54) is 23.1 Å². The molecule has 2 N–H and O–H groups in total. The Balaban J connectivity index is 1.96. The minimum Gasteiger partial charge on any atom is -0.443 e. The summed E-state index contributed by atoms with van der Waals surface area (Å²) in [6.45, 7) is 1.84. The summed E-state index contributed by atoms with van der Waals surface area (Å²) in [6, 6.07) is 4.58. The zero-order chi connectivity index (χ0) is 28.5. The molecular formula is C24H20F4N6O4S. The number of hydrogen-bond acceptors (Lipinski definition) is 8. The van der Waals surface area contributed by atoms with E-state index < -0.39 is 62.1 Å². The van der Waals surface area contributed by atoms with Crippen molar-refractivity contribution < 1.29 is 35.5 Å². The number of esters is 1. The van der Waals surface area contributed by atoms with Crippen LogP contribution in [0.3, 0.4) is 0 Å². The molecule has 2 aromatic heterocycles. The molecule has 0 aliphatic heterocycles. The van der Waals surface area contributed by atoms with Crippen molar-refractivity contribution in [3.05, 3.63) is 72.1 Å². The molecule has 0 aliphatic carbocycles. The summed E-state index contributed by atoms with van der Waals surface area (Å²) in [5.74, 6) is -6.08.